The highest BCUT2D eigenvalue weighted by Crippen LogP contribution is 2.26. The molecule has 0 spiro atoms. The van der Waals surface area contributed by atoms with Gasteiger partial charge in [-0.1, -0.05) is 17.7 Å². The summed E-state index contributed by atoms with van der Waals surface area (Å²) in [4.78, 5) is 1.41. The van der Waals surface area contributed by atoms with Gasteiger partial charge in [-0.3, -0.25) is 11.3 Å². The number of rotatable bonds is 4. The van der Waals surface area contributed by atoms with Crippen molar-refractivity contribution in [2.75, 3.05) is 0 Å². The first-order valence-corrected chi connectivity index (χ1v) is 6.41. The zero-order valence-electron chi connectivity index (χ0n) is 9.64. The Morgan fingerprint density at radius 1 is 1.56 bits per heavy atom. The highest BCUT2D eigenvalue weighted by molar-refractivity contribution is 9.10. The Bertz CT molecular complexity index is 543. The van der Waals surface area contributed by atoms with Crippen LogP contribution in [-0.4, -0.2) is 20.2 Å². The summed E-state index contributed by atoms with van der Waals surface area (Å²) in [6.45, 7) is 0. The summed E-state index contributed by atoms with van der Waals surface area (Å²) in [6, 6.07) is 5.56. The first-order chi connectivity index (χ1) is 8.60. The fraction of sp³-hybridized carbons (Fsp3) is 0.300. The Hall–Kier alpha value is -1.02. The van der Waals surface area contributed by atoms with E-state index in [2.05, 4.69) is 36.8 Å². The largest absolute Gasteiger partial charge is 0.271 e. The van der Waals surface area contributed by atoms with Crippen molar-refractivity contribution in [3.05, 3.63) is 39.1 Å². The SMILES string of the molecule is Cn1nnc(CC(NN)c2ccc(Br)c(Cl)c2)n1. The maximum Gasteiger partial charge on any atom is 0.176 e. The van der Waals surface area contributed by atoms with Crippen LogP contribution in [0.15, 0.2) is 22.7 Å². The normalized spacial score (nSPS) is 12.7. The van der Waals surface area contributed by atoms with Crippen molar-refractivity contribution in [2.45, 2.75) is 12.5 Å². The molecule has 6 nitrogen and oxygen atoms in total. The zero-order chi connectivity index (χ0) is 13.1. The molecule has 0 bridgehead atoms. The van der Waals surface area contributed by atoms with Crippen molar-refractivity contribution < 1.29 is 0 Å². The summed E-state index contributed by atoms with van der Waals surface area (Å²) < 4.78 is 0.848. The Morgan fingerprint density at radius 3 is 2.89 bits per heavy atom. The number of nitrogens with zero attached hydrogens (tertiary/aromatic N) is 4. The summed E-state index contributed by atoms with van der Waals surface area (Å²) in [7, 11) is 1.72. The molecule has 2 aromatic rings. The third-order valence-electron chi connectivity index (χ3n) is 2.48. The maximum absolute atomic E-state index is 6.06. The average Bonchev–Trinajstić information content (AvgIpc) is 2.75. The molecule has 0 aliphatic rings. The van der Waals surface area contributed by atoms with E-state index in [4.69, 9.17) is 17.4 Å². The third-order valence-corrected chi connectivity index (χ3v) is 3.72. The first kappa shape index (κ1) is 13.4. The van der Waals surface area contributed by atoms with Gasteiger partial charge in [0.15, 0.2) is 5.82 Å². The van der Waals surface area contributed by atoms with E-state index in [0.717, 1.165) is 10.0 Å². The number of hydrogen-bond donors (Lipinski definition) is 2. The number of benzene rings is 1. The Morgan fingerprint density at radius 2 is 2.33 bits per heavy atom. The molecule has 3 N–H and O–H groups in total. The van der Waals surface area contributed by atoms with Crippen LogP contribution in [0.5, 0.6) is 0 Å². The zero-order valence-corrected chi connectivity index (χ0v) is 12.0. The van der Waals surface area contributed by atoms with Crippen LogP contribution < -0.4 is 11.3 Å². The first-order valence-electron chi connectivity index (χ1n) is 5.24. The Balaban J connectivity index is 2.19. The van der Waals surface area contributed by atoms with E-state index in [1.54, 1.807) is 7.05 Å². The van der Waals surface area contributed by atoms with E-state index in [1.807, 2.05) is 18.2 Å². The van der Waals surface area contributed by atoms with Crippen LogP contribution >= 0.6 is 27.5 Å². The summed E-state index contributed by atoms with van der Waals surface area (Å²) >= 11 is 9.41. The summed E-state index contributed by atoms with van der Waals surface area (Å²) in [6.07, 6.45) is 0.544. The van der Waals surface area contributed by atoms with E-state index in [-0.39, 0.29) is 6.04 Å². The van der Waals surface area contributed by atoms with Crippen LogP contribution in [0.4, 0.5) is 0 Å². The smallest absolute Gasteiger partial charge is 0.176 e. The standard InChI is InChI=1S/C10H12BrClN6/c1-18-16-10(15-17-18)5-9(14-13)6-2-3-7(11)8(12)4-6/h2-4,9,14H,5,13H2,1H3. The molecular weight excluding hydrogens is 320 g/mol. The lowest BCUT2D eigenvalue weighted by molar-refractivity contribution is 0.536. The Kier molecular flexibility index (Phi) is 4.28. The number of aryl methyl sites for hydroxylation is 1. The summed E-state index contributed by atoms with van der Waals surface area (Å²) in [5.74, 6) is 6.18. The van der Waals surface area contributed by atoms with Gasteiger partial charge in [-0.05, 0) is 38.8 Å². The summed E-state index contributed by atoms with van der Waals surface area (Å²) in [5, 5.41) is 12.5. The number of nitrogens with two attached hydrogens (primary N) is 1. The molecule has 8 heteroatoms. The number of hydrazine groups is 1. The van der Waals surface area contributed by atoms with Crippen LogP contribution in [-0.2, 0) is 13.5 Å². The molecule has 0 fully saturated rings. The van der Waals surface area contributed by atoms with Crippen LogP contribution in [0.1, 0.15) is 17.4 Å². The fourth-order valence-electron chi connectivity index (χ4n) is 1.59. The van der Waals surface area contributed by atoms with Gasteiger partial charge in [0.2, 0.25) is 0 Å². The third kappa shape index (κ3) is 3.05. The van der Waals surface area contributed by atoms with Gasteiger partial charge < -0.3 is 0 Å². The molecule has 1 aromatic heterocycles. The van der Waals surface area contributed by atoms with Gasteiger partial charge in [0.1, 0.15) is 0 Å². The lowest BCUT2D eigenvalue weighted by Crippen LogP contribution is -2.30. The van der Waals surface area contributed by atoms with E-state index in [0.29, 0.717) is 17.3 Å². The highest BCUT2D eigenvalue weighted by atomic mass is 79.9. The molecule has 2 rings (SSSR count). The number of halogens is 2. The van der Waals surface area contributed by atoms with Gasteiger partial charge in [0.25, 0.3) is 0 Å². The molecule has 1 unspecified atom stereocenters. The van der Waals surface area contributed by atoms with Crippen molar-refractivity contribution in [1.29, 1.82) is 0 Å². The minimum atomic E-state index is -0.111. The fourth-order valence-corrected chi connectivity index (χ4v) is 2.03. The molecule has 1 aromatic carbocycles. The van der Waals surface area contributed by atoms with Crippen LogP contribution in [0.3, 0.4) is 0 Å². The van der Waals surface area contributed by atoms with Gasteiger partial charge in [-0.2, -0.15) is 4.80 Å². The maximum atomic E-state index is 6.06. The summed E-state index contributed by atoms with van der Waals surface area (Å²) in [5.41, 5.74) is 3.70. The van der Waals surface area contributed by atoms with Gasteiger partial charge >= 0.3 is 0 Å². The van der Waals surface area contributed by atoms with Gasteiger partial charge in [0.05, 0.1) is 18.1 Å². The minimum Gasteiger partial charge on any atom is -0.271 e. The predicted molar refractivity (Wildman–Crippen MR) is 71.7 cm³/mol. The number of hydrogen-bond acceptors (Lipinski definition) is 5. The molecule has 0 radical (unpaired) electrons. The molecule has 0 saturated carbocycles. The predicted octanol–water partition coefficient (Wildman–Crippen LogP) is 1.37. The van der Waals surface area contributed by atoms with Crippen LogP contribution in [0, 0.1) is 0 Å². The van der Waals surface area contributed by atoms with Gasteiger partial charge in [-0.15, -0.1) is 10.2 Å². The lowest BCUT2D eigenvalue weighted by atomic mass is 10.0. The number of aromatic nitrogens is 4. The Labute approximate surface area is 118 Å². The quantitative estimate of drug-likeness (QED) is 0.653. The molecule has 0 saturated heterocycles. The van der Waals surface area contributed by atoms with E-state index in [1.165, 1.54) is 4.80 Å². The van der Waals surface area contributed by atoms with Crippen molar-refractivity contribution in [2.24, 2.45) is 12.9 Å². The molecule has 0 aliphatic heterocycles. The molecule has 0 amide bonds. The highest BCUT2D eigenvalue weighted by Gasteiger charge is 2.14. The molecule has 18 heavy (non-hydrogen) atoms. The number of nitrogens with one attached hydrogen (secondary N) is 1. The molecule has 96 valence electrons. The number of tetrazole rings is 1. The second-order valence-corrected chi connectivity index (χ2v) is 5.05. The average molecular weight is 332 g/mol. The molecule has 1 heterocycles. The topological polar surface area (TPSA) is 81.7 Å². The van der Waals surface area contributed by atoms with Gasteiger partial charge in [0, 0.05) is 10.9 Å². The van der Waals surface area contributed by atoms with Crippen molar-refractivity contribution in [1.82, 2.24) is 25.6 Å². The minimum absolute atomic E-state index is 0.111. The van der Waals surface area contributed by atoms with E-state index < -0.39 is 0 Å². The monoisotopic (exact) mass is 330 g/mol. The van der Waals surface area contributed by atoms with Crippen molar-refractivity contribution >= 4 is 27.5 Å². The van der Waals surface area contributed by atoms with Crippen LogP contribution in [0.2, 0.25) is 5.02 Å². The molecular formula is C10H12BrClN6. The molecule has 1 atom stereocenters. The van der Waals surface area contributed by atoms with Crippen molar-refractivity contribution in [3.8, 4) is 0 Å². The van der Waals surface area contributed by atoms with Crippen LogP contribution in [0.25, 0.3) is 0 Å². The molecule has 0 aliphatic carbocycles. The van der Waals surface area contributed by atoms with E-state index >= 15 is 0 Å². The second kappa shape index (κ2) is 5.75. The second-order valence-electron chi connectivity index (χ2n) is 3.79. The van der Waals surface area contributed by atoms with Gasteiger partial charge in [-0.25, -0.2) is 0 Å². The lowest BCUT2D eigenvalue weighted by Gasteiger charge is -2.15. The van der Waals surface area contributed by atoms with E-state index in [9.17, 15) is 0 Å². The van der Waals surface area contributed by atoms with Crippen molar-refractivity contribution in [3.63, 3.8) is 0 Å².